The molecule has 20 heavy (non-hydrogen) atoms. The molecule has 1 rings (SSSR count). The number of aliphatic hydroxyl groups excluding tert-OH is 1. The number of nitrogens with zero attached hydrogens (tertiary/aromatic N) is 1. The molecule has 0 fully saturated rings. The van der Waals surface area contributed by atoms with Gasteiger partial charge in [0.15, 0.2) is 5.69 Å². The van der Waals surface area contributed by atoms with Gasteiger partial charge in [-0.25, -0.2) is 4.98 Å². The Balaban J connectivity index is 2.33. The van der Waals surface area contributed by atoms with Crippen LogP contribution in [-0.4, -0.2) is 28.6 Å². The highest BCUT2D eigenvalue weighted by molar-refractivity contribution is 5.91. The molecule has 0 bridgehead atoms. The molecule has 0 aliphatic carbocycles. The number of unbranched alkanes of at least 4 members (excludes halogenated alkanes) is 4. The minimum atomic E-state index is -0.775. The number of hydrogen-bond donors (Lipinski definition) is 3. The van der Waals surface area contributed by atoms with Crippen molar-refractivity contribution in [2.45, 2.75) is 58.1 Å². The summed E-state index contributed by atoms with van der Waals surface area (Å²) < 4.78 is 5.11. The Morgan fingerprint density at radius 2 is 2.15 bits per heavy atom. The fourth-order valence-electron chi connectivity index (χ4n) is 1.77. The van der Waals surface area contributed by atoms with Gasteiger partial charge < -0.3 is 20.6 Å². The Morgan fingerprint density at radius 3 is 2.80 bits per heavy atom. The summed E-state index contributed by atoms with van der Waals surface area (Å²) in [4.78, 5) is 15.8. The molecular weight excluding hydrogens is 258 g/mol. The van der Waals surface area contributed by atoms with Crippen molar-refractivity contribution >= 4 is 5.91 Å². The van der Waals surface area contributed by atoms with E-state index in [-0.39, 0.29) is 17.5 Å². The summed E-state index contributed by atoms with van der Waals surface area (Å²) in [7, 11) is 0. The van der Waals surface area contributed by atoms with Crippen LogP contribution in [0.15, 0.2) is 10.7 Å². The molecule has 4 N–H and O–H groups in total. The highest BCUT2D eigenvalue weighted by Crippen LogP contribution is 2.13. The lowest BCUT2D eigenvalue weighted by Gasteiger charge is -2.09. The minimum absolute atomic E-state index is 0.174. The monoisotopic (exact) mass is 283 g/mol. The van der Waals surface area contributed by atoms with Crippen LogP contribution in [0.2, 0.25) is 0 Å². The van der Waals surface area contributed by atoms with Gasteiger partial charge in [0.05, 0.1) is 6.10 Å². The lowest BCUT2D eigenvalue weighted by Crippen LogP contribution is -2.26. The zero-order valence-corrected chi connectivity index (χ0v) is 12.3. The Labute approximate surface area is 119 Å². The summed E-state index contributed by atoms with van der Waals surface area (Å²) in [6.07, 6.45) is 6.21. The number of carbonyl (C=O) groups excluding carboxylic acids is 1. The molecule has 6 nitrogen and oxygen atoms in total. The van der Waals surface area contributed by atoms with Crippen LogP contribution in [0, 0.1) is 0 Å². The van der Waals surface area contributed by atoms with Crippen LogP contribution in [-0.2, 0) is 0 Å². The summed E-state index contributed by atoms with van der Waals surface area (Å²) in [5, 5.41) is 12.1. The molecule has 0 aliphatic heterocycles. The summed E-state index contributed by atoms with van der Waals surface area (Å²) >= 11 is 0. The lowest BCUT2D eigenvalue weighted by molar-refractivity contribution is 0.0947. The van der Waals surface area contributed by atoms with E-state index >= 15 is 0 Å². The maximum Gasteiger partial charge on any atom is 0.273 e. The van der Waals surface area contributed by atoms with E-state index in [1.165, 1.54) is 25.5 Å². The maximum atomic E-state index is 11.8. The zero-order chi connectivity index (χ0) is 15.0. The van der Waals surface area contributed by atoms with Crippen LogP contribution in [0.25, 0.3) is 0 Å². The first-order valence-corrected chi connectivity index (χ1v) is 7.23. The fourth-order valence-corrected chi connectivity index (χ4v) is 1.77. The van der Waals surface area contributed by atoms with Crippen molar-refractivity contribution < 1.29 is 14.3 Å². The van der Waals surface area contributed by atoms with Crippen LogP contribution in [0.1, 0.15) is 68.4 Å². The van der Waals surface area contributed by atoms with Gasteiger partial charge in [0.2, 0.25) is 5.89 Å². The molecule has 6 heteroatoms. The molecule has 2 unspecified atom stereocenters. The van der Waals surface area contributed by atoms with Crippen molar-refractivity contribution in [2.24, 2.45) is 5.73 Å². The maximum absolute atomic E-state index is 11.8. The molecule has 1 aromatic rings. The van der Waals surface area contributed by atoms with Crippen LogP contribution in [0.4, 0.5) is 0 Å². The van der Waals surface area contributed by atoms with Crippen LogP contribution >= 0.6 is 0 Å². The zero-order valence-electron chi connectivity index (χ0n) is 12.3. The third kappa shape index (κ3) is 5.30. The number of nitrogens with two attached hydrogens (primary N) is 1. The van der Waals surface area contributed by atoms with Gasteiger partial charge in [-0.2, -0.15) is 0 Å². The highest BCUT2D eigenvalue weighted by atomic mass is 16.3. The number of rotatable bonds is 9. The summed E-state index contributed by atoms with van der Waals surface area (Å²) in [6, 6.07) is -0.717. The quantitative estimate of drug-likeness (QED) is 0.599. The number of hydrogen-bond acceptors (Lipinski definition) is 5. The fraction of sp³-hybridized carbons (Fsp3) is 0.714. The average molecular weight is 283 g/mol. The van der Waals surface area contributed by atoms with Crippen molar-refractivity contribution in [3.8, 4) is 0 Å². The second-order valence-corrected chi connectivity index (χ2v) is 5.01. The first-order chi connectivity index (χ1) is 9.56. The van der Waals surface area contributed by atoms with Gasteiger partial charge in [0, 0.05) is 6.54 Å². The molecule has 0 aromatic carbocycles. The largest absolute Gasteiger partial charge is 0.446 e. The van der Waals surface area contributed by atoms with Gasteiger partial charge >= 0.3 is 0 Å². The summed E-state index contributed by atoms with van der Waals surface area (Å²) in [5.74, 6) is -0.0959. The van der Waals surface area contributed by atoms with E-state index in [2.05, 4.69) is 17.2 Å². The molecular formula is C14H25N3O3. The predicted octanol–water partition coefficient (Wildman–Crippen LogP) is 1.76. The smallest absolute Gasteiger partial charge is 0.273 e. The molecule has 0 saturated carbocycles. The molecule has 1 aromatic heterocycles. The number of amides is 1. The molecule has 1 heterocycles. The van der Waals surface area contributed by atoms with Crippen molar-refractivity contribution in [3.05, 3.63) is 17.8 Å². The van der Waals surface area contributed by atoms with Gasteiger partial charge in [0.25, 0.3) is 5.91 Å². The van der Waals surface area contributed by atoms with Gasteiger partial charge in [0.1, 0.15) is 12.3 Å². The number of aromatic nitrogens is 1. The highest BCUT2D eigenvalue weighted by Gasteiger charge is 2.20. The molecule has 0 saturated heterocycles. The van der Waals surface area contributed by atoms with Gasteiger partial charge in [-0.15, -0.1) is 0 Å². The third-order valence-corrected chi connectivity index (χ3v) is 3.13. The van der Waals surface area contributed by atoms with Gasteiger partial charge in [-0.1, -0.05) is 32.6 Å². The number of oxazole rings is 1. The van der Waals surface area contributed by atoms with Crippen LogP contribution in [0.3, 0.4) is 0 Å². The normalized spacial score (nSPS) is 14.0. The van der Waals surface area contributed by atoms with Crippen molar-refractivity contribution in [2.75, 3.05) is 6.54 Å². The van der Waals surface area contributed by atoms with E-state index in [0.29, 0.717) is 6.54 Å². The van der Waals surface area contributed by atoms with E-state index in [1.807, 2.05) is 0 Å². The summed E-state index contributed by atoms with van der Waals surface area (Å²) in [6.45, 7) is 4.35. The predicted molar refractivity (Wildman–Crippen MR) is 76.2 cm³/mol. The van der Waals surface area contributed by atoms with Crippen molar-refractivity contribution in [1.82, 2.24) is 10.3 Å². The molecule has 0 aliphatic rings. The Hall–Kier alpha value is -1.40. The standard InChI is InChI=1S/C14H25N3O3/c1-3-4-5-6-7-8-16-13(19)11-9-20-14(17-11)12(15)10(2)18/h9-10,12,18H,3-8,15H2,1-2H3,(H,16,19). The minimum Gasteiger partial charge on any atom is -0.446 e. The molecule has 0 spiro atoms. The van der Waals surface area contributed by atoms with Crippen LogP contribution in [0.5, 0.6) is 0 Å². The van der Waals surface area contributed by atoms with E-state index in [1.54, 1.807) is 6.92 Å². The number of carbonyl (C=O) groups is 1. The van der Waals surface area contributed by atoms with E-state index < -0.39 is 12.1 Å². The molecule has 1 amide bonds. The molecule has 2 atom stereocenters. The van der Waals surface area contributed by atoms with Gasteiger partial charge in [-0.3, -0.25) is 4.79 Å². The number of nitrogens with one attached hydrogen (secondary N) is 1. The van der Waals surface area contributed by atoms with E-state index in [9.17, 15) is 9.90 Å². The first kappa shape index (κ1) is 16.7. The topological polar surface area (TPSA) is 101 Å². The third-order valence-electron chi connectivity index (χ3n) is 3.13. The molecule has 114 valence electrons. The number of aliphatic hydroxyl groups is 1. The van der Waals surface area contributed by atoms with Gasteiger partial charge in [-0.05, 0) is 13.3 Å². The van der Waals surface area contributed by atoms with Crippen molar-refractivity contribution in [3.63, 3.8) is 0 Å². The Morgan fingerprint density at radius 1 is 1.45 bits per heavy atom. The second kappa shape index (κ2) is 8.71. The summed E-state index contributed by atoms with van der Waals surface area (Å²) in [5.41, 5.74) is 5.88. The Bertz CT molecular complexity index is 404. The SMILES string of the molecule is CCCCCCCNC(=O)c1coc(C(N)C(C)O)n1. The average Bonchev–Trinajstić information content (AvgIpc) is 2.91. The second-order valence-electron chi connectivity index (χ2n) is 5.01. The molecule has 0 radical (unpaired) electrons. The van der Waals surface area contributed by atoms with E-state index in [0.717, 1.165) is 12.8 Å². The lowest BCUT2D eigenvalue weighted by atomic mass is 10.1. The van der Waals surface area contributed by atoms with Crippen molar-refractivity contribution in [1.29, 1.82) is 0 Å². The van der Waals surface area contributed by atoms with Crippen LogP contribution < -0.4 is 11.1 Å². The first-order valence-electron chi connectivity index (χ1n) is 7.23. The Kier molecular flexibility index (Phi) is 7.25. The van der Waals surface area contributed by atoms with E-state index in [4.69, 9.17) is 10.2 Å².